The summed E-state index contributed by atoms with van der Waals surface area (Å²) in [5, 5.41) is 16.2. The number of nitrogens with one attached hydrogen (secondary N) is 2. The molecule has 1 aliphatic heterocycles. The molecule has 1 fully saturated rings. The molecule has 0 aliphatic carbocycles. The molecule has 1 aromatic carbocycles. The minimum Gasteiger partial charge on any atom is -0.353 e. The Labute approximate surface area is 91.8 Å². The van der Waals surface area contributed by atoms with E-state index in [0.29, 0.717) is 6.54 Å². The fraction of sp³-hybridized carbons (Fsp3) is 0.300. The smallest absolute Gasteiger partial charge is 0.269 e. The third kappa shape index (κ3) is 2.17. The summed E-state index contributed by atoms with van der Waals surface area (Å²) in [5.41, 5.74) is 1.01. The molecule has 0 radical (unpaired) electrons. The standard InChI is InChI=1S/C10H11N3O3/c14-10-6-11-9(5-12-10)7-1-3-8(4-2-7)13(15)16/h1-4,9,11H,5-6H2,(H,12,14). The normalized spacial score (nSPS) is 20.2. The molecule has 0 aromatic heterocycles. The van der Waals surface area contributed by atoms with E-state index in [9.17, 15) is 14.9 Å². The van der Waals surface area contributed by atoms with E-state index in [0.717, 1.165) is 5.56 Å². The van der Waals surface area contributed by atoms with Gasteiger partial charge >= 0.3 is 0 Å². The van der Waals surface area contributed by atoms with Gasteiger partial charge in [-0.1, -0.05) is 12.1 Å². The molecular weight excluding hydrogens is 210 g/mol. The zero-order valence-electron chi connectivity index (χ0n) is 8.47. The number of non-ortho nitro benzene ring substituents is 1. The predicted molar refractivity (Wildman–Crippen MR) is 56.8 cm³/mol. The average molecular weight is 221 g/mol. The summed E-state index contributed by atoms with van der Waals surface area (Å²) in [6.45, 7) is 0.790. The van der Waals surface area contributed by atoms with Crippen LogP contribution in [0.1, 0.15) is 11.6 Å². The van der Waals surface area contributed by atoms with Crippen LogP contribution in [-0.2, 0) is 4.79 Å². The van der Waals surface area contributed by atoms with E-state index in [1.54, 1.807) is 12.1 Å². The summed E-state index contributed by atoms with van der Waals surface area (Å²) >= 11 is 0. The number of piperazine rings is 1. The topological polar surface area (TPSA) is 84.3 Å². The number of carbonyl (C=O) groups is 1. The Kier molecular flexibility index (Phi) is 2.82. The van der Waals surface area contributed by atoms with Crippen molar-refractivity contribution in [2.45, 2.75) is 6.04 Å². The van der Waals surface area contributed by atoms with Crippen molar-refractivity contribution in [3.05, 3.63) is 39.9 Å². The van der Waals surface area contributed by atoms with Crippen molar-refractivity contribution in [2.75, 3.05) is 13.1 Å². The zero-order valence-corrected chi connectivity index (χ0v) is 8.47. The summed E-state index contributed by atoms with van der Waals surface area (Å²) in [4.78, 5) is 21.0. The molecular formula is C10H11N3O3. The van der Waals surface area contributed by atoms with Gasteiger partial charge in [-0.15, -0.1) is 0 Å². The maximum atomic E-state index is 10.9. The van der Waals surface area contributed by atoms with Crippen LogP contribution >= 0.6 is 0 Å². The van der Waals surface area contributed by atoms with Gasteiger partial charge in [0.15, 0.2) is 0 Å². The fourth-order valence-electron chi connectivity index (χ4n) is 1.63. The van der Waals surface area contributed by atoms with E-state index in [-0.39, 0.29) is 24.2 Å². The molecule has 1 amide bonds. The van der Waals surface area contributed by atoms with E-state index in [1.165, 1.54) is 12.1 Å². The molecule has 6 heteroatoms. The van der Waals surface area contributed by atoms with E-state index in [1.807, 2.05) is 0 Å². The van der Waals surface area contributed by atoms with Crippen LogP contribution in [0.3, 0.4) is 0 Å². The Hall–Kier alpha value is -1.95. The van der Waals surface area contributed by atoms with Crippen molar-refractivity contribution in [1.82, 2.24) is 10.6 Å². The number of hydrogen-bond donors (Lipinski definition) is 2. The molecule has 6 nitrogen and oxygen atoms in total. The van der Waals surface area contributed by atoms with Crippen LogP contribution in [0.5, 0.6) is 0 Å². The molecule has 0 spiro atoms. The van der Waals surface area contributed by atoms with Gasteiger partial charge in [0.25, 0.3) is 5.69 Å². The first-order chi connectivity index (χ1) is 7.66. The molecule has 1 unspecified atom stereocenters. The SMILES string of the molecule is O=C1CNC(c2ccc([N+](=O)[O-])cc2)CN1. The first-order valence-corrected chi connectivity index (χ1v) is 4.91. The summed E-state index contributed by atoms with van der Waals surface area (Å²) < 4.78 is 0. The Morgan fingerprint density at radius 1 is 1.31 bits per heavy atom. The first-order valence-electron chi connectivity index (χ1n) is 4.91. The van der Waals surface area contributed by atoms with E-state index in [2.05, 4.69) is 10.6 Å². The maximum Gasteiger partial charge on any atom is 0.269 e. The number of carbonyl (C=O) groups excluding carboxylic acids is 1. The van der Waals surface area contributed by atoms with Crippen LogP contribution in [0, 0.1) is 10.1 Å². The molecule has 0 saturated carbocycles. The summed E-state index contributed by atoms with van der Waals surface area (Å²) in [6, 6.07) is 6.36. The lowest BCUT2D eigenvalue weighted by molar-refractivity contribution is -0.384. The van der Waals surface area contributed by atoms with Crippen molar-refractivity contribution >= 4 is 11.6 Å². The second-order valence-corrected chi connectivity index (χ2v) is 3.59. The zero-order chi connectivity index (χ0) is 11.5. The van der Waals surface area contributed by atoms with Gasteiger partial charge < -0.3 is 5.32 Å². The molecule has 1 saturated heterocycles. The van der Waals surface area contributed by atoms with E-state index < -0.39 is 4.92 Å². The Morgan fingerprint density at radius 3 is 2.50 bits per heavy atom. The molecule has 1 aromatic rings. The molecule has 1 aliphatic rings. The van der Waals surface area contributed by atoms with Crippen molar-refractivity contribution in [3.8, 4) is 0 Å². The summed E-state index contributed by atoms with van der Waals surface area (Å²) in [5.74, 6) is -0.0295. The van der Waals surface area contributed by atoms with Gasteiger partial charge in [-0.3, -0.25) is 20.2 Å². The number of nitro groups is 1. The third-order valence-corrected chi connectivity index (χ3v) is 2.52. The monoisotopic (exact) mass is 221 g/mol. The minimum absolute atomic E-state index is 0.0264. The molecule has 84 valence electrons. The highest BCUT2D eigenvalue weighted by Gasteiger charge is 2.18. The Balaban J connectivity index is 2.10. The second-order valence-electron chi connectivity index (χ2n) is 3.59. The first kappa shape index (κ1) is 10.6. The number of hydrogen-bond acceptors (Lipinski definition) is 4. The van der Waals surface area contributed by atoms with Crippen LogP contribution in [-0.4, -0.2) is 23.9 Å². The van der Waals surface area contributed by atoms with Crippen molar-refractivity contribution in [2.24, 2.45) is 0 Å². The Morgan fingerprint density at radius 2 is 2.00 bits per heavy atom. The second kappa shape index (κ2) is 4.28. The minimum atomic E-state index is -0.431. The van der Waals surface area contributed by atoms with Crippen molar-refractivity contribution in [3.63, 3.8) is 0 Å². The lowest BCUT2D eigenvalue weighted by atomic mass is 10.1. The molecule has 1 atom stereocenters. The number of amides is 1. The van der Waals surface area contributed by atoms with Crippen LogP contribution in [0.2, 0.25) is 0 Å². The van der Waals surface area contributed by atoms with Gasteiger partial charge in [0.05, 0.1) is 17.5 Å². The predicted octanol–water partition coefficient (Wildman–Crippen LogP) is 0.355. The molecule has 2 N–H and O–H groups in total. The third-order valence-electron chi connectivity index (χ3n) is 2.52. The highest BCUT2D eigenvalue weighted by atomic mass is 16.6. The largest absolute Gasteiger partial charge is 0.353 e. The van der Waals surface area contributed by atoms with Gasteiger partial charge in [-0.25, -0.2) is 0 Å². The lowest BCUT2D eigenvalue weighted by Gasteiger charge is -2.24. The lowest BCUT2D eigenvalue weighted by Crippen LogP contribution is -2.46. The molecule has 1 heterocycles. The summed E-state index contributed by atoms with van der Waals surface area (Å²) in [7, 11) is 0. The number of nitrogens with zero attached hydrogens (tertiary/aromatic N) is 1. The number of nitro benzene ring substituents is 1. The van der Waals surface area contributed by atoms with Crippen LogP contribution < -0.4 is 10.6 Å². The molecule has 0 bridgehead atoms. The van der Waals surface area contributed by atoms with Crippen LogP contribution in [0.25, 0.3) is 0 Å². The highest BCUT2D eigenvalue weighted by molar-refractivity contribution is 5.78. The molecule has 2 rings (SSSR count). The average Bonchev–Trinajstić information content (AvgIpc) is 2.30. The quantitative estimate of drug-likeness (QED) is 0.557. The van der Waals surface area contributed by atoms with Gasteiger partial charge in [0.1, 0.15) is 0 Å². The van der Waals surface area contributed by atoms with Crippen LogP contribution in [0.15, 0.2) is 24.3 Å². The fourth-order valence-corrected chi connectivity index (χ4v) is 1.63. The number of rotatable bonds is 2. The summed E-state index contributed by atoms with van der Waals surface area (Å²) in [6.07, 6.45) is 0. The van der Waals surface area contributed by atoms with Gasteiger partial charge in [0.2, 0.25) is 5.91 Å². The number of benzene rings is 1. The Bertz CT molecular complexity index is 406. The van der Waals surface area contributed by atoms with E-state index in [4.69, 9.17) is 0 Å². The van der Waals surface area contributed by atoms with Gasteiger partial charge in [-0.2, -0.15) is 0 Å². The van der Waals surface area contributed by atoms with E-state index >= 15 is 0 Å². The van der Waals surface area contributed by atoms with Gasteiger partial charge in [0, 0.05) is 18.7 Å². The van der Waals surface area contributed by atoms with Crippen molar-refractivity contribution < 1.29 is 9.72 Å². The maximum absolute atomic E-state index is 10.9. The van der Waals surface area contributed by atoms with Gasteiger partial charge in [-0.05, 0) is 5.56 Å². The highest BCUT2D eigenvalue weighted by Crippen LogP contribution is 2.18. The van der Waals surface area contributed by atoms with Crippen LogP contribution in [0.4, 0.5) is 5.69 Å². The molecule has 16 heavy (non-hydrogen) atoms. The van der Waals surface area contributed by atoms with Crippen molar-refractivity contribution in [1.29, 1.82) is 0 Å².